The number of hydrogen-bond donors (Lipinski definition) is 2. The van der Waals surface area contributed by atoms with Crippen LogP contribution in [0.1, 0.15) is 6.42 Å². The Morgan fingerprint density at radius 1 is 1.50 bits per heavy atom. The van der Waals surface area contributed by atoms with Crippen molar-refractivity contribution >= 4 is 0 Å². The van der Waals surface area contributed by atoms with E-state index < -0.39 is 0 Å². The highest BCUT2D eigenvalue weighted by Crippen LogP contribution is 2.01. The van der Waals surface area contributed by atoms with Gasteiger partial charge < -0.3 is 19.9 Å². The van der Waals surface area contributed by atoms with E-state index in [2.05, 4.69) is 5.32 Å². The molecule has 0 bridgehead atoms. The predicted molar refractivity (Wildman–Crippen MR) is 45.1 cm³/mol. The highest BCUT2D eigenvalue weighted by molar-refractivity contribution is 4.70. The van der Waals surface area contributed by atoms with Gasteiger partial charge in [-0.2, -0.15) is 0 Å². The summed E-state index contributed by atoms with van der Waals surface area (Å²) in [7, 11) is 0. The van der Waals surface area contributed by atoms with Crippen LogP contribution >= 0.6 is 0 Å². The van der Waals surface area contributed by atoms with Gasteiger partial charge >= 0.3 is 0 Å². The van der Waals surface area contributed by atoms with Crippen LogP contribution < -0.4 is 5.32 Å². The molecule has 0 amide bonds. The van der Waals surface area contributed by atoms with Crippen molar-refractivity contribution in [1.82, 2.24) is 5.32 Å². The molecule has 0 aromatic heterocycles. The van der Waals surface area contributed by atoms with Crippen molar-refractivity contribution in [3.05, 3.63) is 0 Å². The third kappa shape index (κ3) is 4.01. The number of hydrogen-bond acceptors (Lipinski definition) is 4. The van der Waals surface area contributed by atoms with E-state index in [-0.39, 0.29) is 6.61 Å². The molecule has 1 saturated heterocycles. The topological polar surface area (TPSA) is 50.7 Å². The van der Waals surface area contributed by atoms with Crippen LogP contribution in [0.2, 0.25) is 0 Å². The molecule has 1 rings (SSSR count). The summed E-state index contributed by atoms with van der Waals surface area (Å²) >= 11 is 0. The number of aliphatic hydroxyl groups is 1. The molecule has 0 aromatic rings. The van der Waals surface area contributed by atoms with Gasteiger partial charge in [-0.3, -0.25) is 0 Å². The van der Waals surface area contributed by atoms with Crippen molar-refractivity contribution in [3.63, 3.8) is 0 Å². The minimum atomic E-state index is 0.104. The van der Waals surface area contributed by atoms with Gasteiger partial charge in [0.25, 0.3) is 0 Å². The van der Waals surface area contributed by atoms with Crippen LogP contribution in [-0.2, 0) is 9.47 Å². The van der Waals surface area contributed by atoms with E-state index >= 15 is 0 Å². The molecule has 1 unspecified atom stereocenters. The van der Waals surface area contributed by atoms with E-state index in [1.165, 1.54) is 0 Å². The van der Waals surface area contributed by atoms with Crippen LogP contribution in [0.15, 0.2) is 0 Å². The van der Waals surface area contributed by atoms with Gasteiger partial charge in [-0.1, -0.05) is 0 Å². The van der Waals surface area contributed by atoms with Crippen molar-refractivity contribution in [2.24, 2.45) is 0 Å². The average Bonchev–Trinajstić information content (AvgIpc) is 2.57. The van der Waals surface area contributed by atoms with E-state index in [0.717, 1.165) is 26.2 Å². The summed E-state index contributed by atoms with van der Waals surface area (Å²) in [6.07, 6.45) is 1.10. The van der Waals surface area contributed by atoms with Crippen molar-refractivity contribution in [1.29, 1.82) is 0 Å². The molecule has 2 N–H and O–H groups in total. The minimum Gasteiger partial charge on any atom is -0.394 e. The lowest BCUT2D eigenvalue weighted by atomic mass is 10.3. The van der Waals surface area contributed by atoms with Crippen LogP contribution in [-0.4, -0.2) is 50.7 Å². The number of nitrogens with one attached hydrogen (secondary N) is 1. The standard InChI is InChI=1S/C8H17NO3/c10-3-6-11-5-2-9-8-1-4-12-7-8/h8-10H,1-7H2. The highest BCUT2D eigenvalue weighted by Gasteiger charge is 2.13. The SMILES string of the molecule is OCCOCCNC1CCOC1. The maximum Gasteiger partial charge on any atom is 0.0698 e. The Morgan fingerprint density at radius 2 is 2.42 bits per heavy atom. The zero-order valence-electron chi connectivity index (χ0n) is 7.29. The second-order valence-electron chi connectivity index (χ2n) is 2.85. The van der Waals surface area contributed by atoms with Gasteiger partial charge in [0, 0.05) is 19.2 Å². The molecular weight excluding hydrogens is 158 g/mol. The fourth-order valence-electron chi connectivity index (χ4n) is 1.20. The third-order valence-corrected chi connectivity index (χ3v) is 1.84. The summed E-state index contributed by atoms with van der Waals surface area (Å²) in [6, 6.07) is 0.503. The van der Waals surface area contributed by atoms with Gasteiger partial charge in [0.1, 0.15) is 0 Å². The van der Waals surface area contributed by atoms with Gasteiger partial charge in [0.15, 0.2) is 0 Å². The third-order valence-electron chi connectivity index (χ3n) is 1.84. The van der Waals surface area contributed by atoms with Crippen LogP contribution in [0.5, 0.6) is 0 Å². The average molecular weight is 175 g/mol. The van der Waals surface area contributed by atoms with Crippen LogP contribution in [0, 0.1) is 0 Å². The lowest BCUT2D eigenvalue weighted by Gasteiger charge is -2.09. The van der Waals surface area contributed by atoms with E-state index in [1.807, 2.05) is 0 Å². The first-order valence-corrected chi connectivity index (χ1v) is 4.43. The quantitative estimate of drug-likeness (QED) is 0.528. The molecule has 0 radical (unpaired) electrons. The zero-order valence-corrected chi connectivity index (χ0v) is 7.29. The lowest BCUT2D eigenvalue weighted by molar-refractivity contribution is 0.0920. The van der Waals surface area contributed by atoms with E-state index in [1.54, 1.807) is 0 Å². The lowest BCUT2D eigenvalue weighted by Crippen LogP contribution is -2.32. The van der Waals surface area contributed by atoms with Crippen molar-refractivity contribution in [2.45, 2.75) is 12.5 Å². The normalized spacial score (nSPS) is 23.2. The summed E-state index contributed by atoms with van der Waals surface area (Å²) < 4.78 is 10.3. The number of ether oxygens (including phenoxy) is 2. The van der Waals surface area contributed by atoms with E-state index in [9.17, 15) is 0 Å². The molecule has 4 heteroatoms. The summed E-state index contributed by atoms with van der Waals surface area (Å²) in [5, 5.41) is 11.7. The first-order chi connectivity index (χ1) is 5.93. The molecule has 72 valence electrons. The van der Waals surface area contributed by atoms with Gasteiger partial charge in [0.05, 0.1) is 26.4 Å². The molecule has 0 aromatic carbocycles. The first kappa shape index (κ1) is 9.92. The summed E-state index contributed by atoms with van der Waals surface area (Å²) in [5.74, 6) is 0. The summed E-state index contributed by atoms with van der Waals surface area (Å²) in [6.45, 7) is 3.73. The van der Waals surface area contributed by atoms with E-state index in [4.69, 9.17) is 14.6 Å². The molecule has 1 aliphatic rings. The maximum atomic E-state index is 8.41. The zero-order chi connectivity index (χ0) is 8.65. The molecule has 1 heterocycles. The van der Waals surface area contributed by atoms with Crippen molar-refractivity contribution < 1.29 is 14.6 Å². The Labute approximate surface area is 72.9 Å². The Morgan fingerprint density at radius 3 is 3.08 bits per heavy atom. The second-order valence-corrected chi connectivity index (χ2v) is 2.85. The van der Waals surface area contributed by atoms with Crippen LogP contribution in [0.25, 0.3) is 0 Å². The molecule has 1 aliphatic heterocycles. The fourth-order valence-corrected chi connectivity index (χ4v) is 1.20. The van der Waals surface area contributed by atoms with Gasteiger partial charge in [-0.25, -0.2) is 0 Å². The van der Waals surface area contributed by atoms with Gasteiger partial charge in [0.2, 0.25) is 0 Å². The van der Waals surface area contributed by atoms with Crippen LogP contribution in [0.3, 0.4) is 0 Å². The maximum absolute atomic E-state index is 8.41. The summed E-state index contributed by atoms with van der Waals surface area (Å²) in [5.41, 5.74) is 0. The largest absolute Gasteiger partial charge is 0.394 e. The molecule has 12 heavy (non-hydrogen) atoms. The Hall–Kier alpha value is -0.160. The highest BCUT2D eigenvalue weighted by atomic mass is 16.5. The summed E-state index contributed by atoms with van der Waals surface area (Å²) in [4.78, 5) is 0. The second kappa shape index (κ2) is 6.37. The molecule has 0 saturated carbocycles. The van der Waals surface area contributed by atoms with Gasteiger partial charge in [-0.05, 0) is 6.42 Å². The monoisotopic (exact) mass is 175 g/mol. The minimum absolute atomic E-state index is 0.104. The number of rotatable bonds is 6. The van der Waals surface area contributed by atoms with Gasteiger partial charge in [-0.15, -0.1) is 0 Å². The smallest absolute Gasteiger partial charge is 0.0698 e. The molecule has 0 spiro atoms. The molecule has 4 nitrogen and oxygen atoms in total. The molecule has 0 aliphatic carbocycles. The Kier molecular flexibility index (Phi) is 5.27. The molecule has 1 atom stereocenters. The first-order valence-electron chi connectivity index (χ1n) is 4.43. The van der Waals surface area contributed by atoms with Crippen LogP contribution in [0.4, 0.5) is 0 Å². The van der Waals surface area contributed by atoms with Crippen molar-refractivity contribution in [2.75, 3.05) is 39.6 Å². The Bertz CT molecular complexity index is 104. The van der Waals surface area contributed by atoms with Crippen molar-refractivity contribution in [3.8, 4) is 0 Å². The molecule has 1 fully saturated rings. The number of aliphatic hydroxyl groups excluding tert-OH is 1. The fraction of sp³-hybridized carbons (Fsp3) is 1.00. The van der Waals surface area contributed by atoms with E-state index in [0.29, 0.717) is 19.3 Å². The predicted octanol–water partition coefficient (Wildman–Crippen LogP) is -0.626. The Balaban J connectivity index is 1.81. The molecular formula is C8H17NO3.